The van der Waals surface area contributed by atoms with Crippen molar-refractivity contribution in [2.75, 3.05) is 11.1 Å². The first kappa shape index (κ1) is 25.0. The van der Waals surface area contributed by atoms with Gasteiger partial charge in [-0.15, -0.1) is 0 Å². The predicted molar refractivity (Wildman–Crippen MR) is 150 cm³/mol. The van der Waals surface area contributed by atoms with Gasteiger partial charge in [-0.3, -0.25) is 0 Å². The molecule has 0 bridgehead atoms. The summed E-state index contributed by atoms with van der Waals surface area (Å²) < 4.78 is 1.82. The topological polar surface area (TPSA) is 146 Å². The predicted octanol–water partition coefficient (Wildman–Crippen LogP) is 4.69. The van der Waals surface area contributed by atoms with Crippen molar-refractivity contribution in [3.63, 3.8) is 0 Å². The second-order valence-electron chi connectivity index (χ2n) is 10.5. The summed E-state index contributed by atoms with van der Waals surface area (Å²) in [5, 5.41) is 8.96. The lowest BCUT2D eigenvalue weighted by Crippen LogP contribution is -2.51. The Hall–Kier alpha value is -3.69. The number of nitrogens with zero attached hydrogens (tertiary/aromatic N) is 5. The highest BCUT2D eigenvalue weighted by molar-refractivity contribution is 6.33. The summed E-state index contributed by atoms with van der Waals surface area (Å²) in [5.41, 5.74) is 24.1. The van der Waals surface area contributed by atoms with E-state index in [1.807, 2.05) is 41.9 Å². The van der Waals surface area contributed by atoms with Gasteiger partial charge in [0.05, 0.1) is 39.4 Å². The van der Waals surface area contributed by atoms with E-state index in [4.69, 9.17) is 28.8 Å². The maximum atomic E-state index is 6.69. The van der Waals surface area contributed by atoms with Crippen molar-refractivity contribution in [1.82, 2.24) is 19.6 Å². The number of hydrogen-bond acceptors (Lipinski definition) is 7. The largest absolute Gasteiger partial charge is 0.383 e. The molecule has 1 aliphatic carbocycles. The third kappa shape index (κ3) is 4.38. The average molecular weight is 518 g/mol. The lowest BCUT2D eigenvalue weighted by Gasteiger charge is -2.39. The lowest BCUT2D eigenvalue weighted by atomic mass is 9.75. The van der Waals surface area contributed by atoms with E-state index in [1.165, 1.54) is 0 Å². The Kier molecular flexibility index (Phi) is 6.08. The standard InChI is InChI=1S/C27H32ClN9/c1-15-17(12-32-25(30)34-15)16-11-21-23(36-22-9-10-27(4,31)26(22,2)3)18(13-33-37(21)14-16)24(29)35-20-8-6-5-7-19(20)28/h5-8,11-14,22,36H,9-10,31H2,1-4H3,(H2,29,35)(H2,30,32,34)/t22-,27+/m1/s1. The number of nitrogens with two attached hydrogens (primary N) is 3. The average Bonchev–Trinajstić information content (AvgIpc) is 3.34. The maximum absolute atomic E-state index is 6.69. The Bertz CT molecular complexity index is 1520. The molecular formula is C27H32ClN9. The second kappa shape index (κ2) is 9.00. The van der Waals surface area contributed by atoms with Gasteiger partial charge in [-0.1, -0.05) is 37.6 Å². The van der Waals surface area contributed by atoms with E-state index in [-0.39, 0.29) is 22.9 Å². The van der Waals surface area contributed by atoms with E-state index in [1.54, 1.807) is 18.5 Å². The first-order valence-corrected chi connectivity index (χ1v) is 12.6. The zero-order valence-corrected chi connectivity index (χ0v) is 22.2. The quantitative estimate of drug-likeness (QED) is 0.222. The number of benzene rings is 1. The normalized spacial score (nSPS) is 21.5. The number of aryl methyl sites for hydroxylation is 1. The number of nitrogens with one attached hydrogen (secondary N) is 1. The van der Waals surface area contributed by atoms with Crippen LogP contribution in [-0.4, -0.2) is 37.0 Å². The number of anilines is 2. The molecule has 10 heteroatoms. The highest BCUT2D eigenvalue weighted by Crippen LogP contribution is 2.46. The minimum Gasteiger partial charge on any atom is -0.383 e. The van der Waals surface area contributed by atoms with Crippen molar-refractivity contribution >= 4 is 40.3 Å². The Morgan fingerprint density at radius 3 is 2.65 bits per heavy atom. The van der Waals surface area contributed by atoms with Crippen LogP contribution >= 0.6 is 11.6 Å². The first-order chi connectivity index (χ1) is 17.5. The first-order valence-electron chi connectivity index (χ1n) is 12.2. The lowest BCUT2D eigenvalue weighted by molar-refractivity contribution is 0.215. The molecule has 1 saturated carbocycles. The molecule has 1 aromatic carbocycles. The number of amidine groups is 1. The molecule has 4 aromatic rings. The summed E-state index contributed by atoms with van der Waals surface area (Å²) >= 11 is 6.36. The Morgan fingerprint density at radius 2 is 1.97 bits per heavy atom. The summed E-state index contributed by atoms with van der Waals surface area (Å²) in [4.78, 5) is 13.1. The SMILES string of the molecule is Cc1nc(N)ncc1-c1cc2c(N[C@@H]3CC[C@](C)(N)C3(C)C)c(C(N)=Nc3ccccc3Cl)cnn2c1. The van der Waals surface area contributed by atoms with Crippen LogP contribution in [0, 0.1) is 12.3 Å². The van der Waals surface area contributed by atoms with Crippen LogP contribution < -0.4 is 22.5 Å². The van der Waals surface area contributed by atoms with Gasteiger partial charge in [0.1, 0.15) is 5.84 Å². The van der Waals surface area contributed by atoms with Gasteiger partial charge in [0.2, 0.25) is 5.95 Å². The highest BCUT2D eigenvalue weighted by Gasteiger charge is 2.49. The number of aliphatic imine (C=N–C) groups is 1. The molecule has 2 atom stereocenters. The summed E-state index contributed by atoms with van der Waals surface area (Å²) in [6.07, 6.45) is 7.23. The van der Waals surface area contributed by atoms with E-state index in [0.717, 1.165) is 40.9 Å². The molecule has 37 heavy (non-hydrogen) atoms. The minimum atomic E-state index is -0.309. The number of hydrogen-bond donors (Lipinski definition) is 4. The number of para-hydroxylation sites is 1. The molecule has 9 nitrogen and oxygen atoms in total. The van der Waals surface area contributed by atoms with Crippen LogP contribution in [0.5, 0.6) is 0 Å². The molecular weight excluding hydrogens is 486 g/mol. The number of rotatable bonds is 5. The second-order valence-corrected chi connectivity index (χ2v) is 10.9. The fourth-order valence-electron chi connectivity index (χ4n) is 5.00. The molecule has 3 heterocycles. The molecule has 0 aliphatic heterocycles. The van der Waals surface area contributed by atoms with Gasteiger partial charge >= 0.3 is 0 Å². The van der Waals surface area contributed by atoms with Crippen molar-refractivity contribution in [3.05, 3.63) is 65.2 Å². The van der Waals surface area contributed by atoms with E-state index < -0.39 is 0 Å². The van der Waals surface area contributed by atoms with Crippen LogP contribution in [-0.2, 0) is 0 Å². The van der Waals surface area contributed by atoms with Gasteiger partial charge in [-0.2, -0.15) is 5.10 Å². The van der Waals surface area contributed by atoms with Gasteiger partial charge in [-0.25, -0.2) is 19.5 Å². The van der Waals surface area contributed by atoms with Crippen molar-refractivity contribution < 1.29 is 0 Å². The third-order valence-corrected chi connectivity index (χ3v) is 8.25. The zero-order chi connectivity index (χ0) is 26.5. The molecule has 0 spiro atoms. The Morgan fingerprint density at radius 1 is 1.22 bits per heavy atom. The van der Waals surface area contributed by atoms with Crippen molar-refractivity contribution in [1.29, 1.82) is 0 Å². The van der Waals surface area contributed by atoms with Gasteiger partial charge in [0.25, 0.3) is 0 Å². The fourth-order valence-corrected chi connectivity index (χ4v) is 5.18. The molecule has 7 N–H and O–H groups in total. The number of nitrogen functional groups attached to an aromatic ring is 1. The Balaban J connectivity index is 1.67. The molecule has 0 saturated heterocycles. The molecule has 192 valence electrons. The van der Waals surface area contributed by atoms with Gasteiger partial charge in [-0.05, 0) is 44.9 Å². The minimum absolute atomic E-state index is 0.112. The molecule has 0 amide bonds. The number of halogens is 1. The van der Waals surface area contributed by atoms with Gasteiger partial charge in [0.15, 0.2) is 0 Å². The van der Waals surface area contributed by atoms with Crippen molar-refractivity contribution in [3.8, 4) is 11.1 Å². The van der Waals surface area contributed by atoms with Crippen LogP contribution in [0.1, 0.15) is 44.9 Å². The summed E-state index contributed by atoms with van der Waals surface area (Å²) in [6, 6.07) is 9.50. The molecule has 1 aliphatic rings. The molecule has 3 aromatic heterocycles. The zero-order valence-electron chi connectivity index (χ0n) is 21.5. The summed E-state index contributed by atoms with van der Waals surface area (Å²) in [7, 11) is 0. The number of fused-ring (bicyclic) bond motifs is 1. The van der Waals surface area contributed by atoms with E-state index in [0.29, 0.717) is 22.1 Å². The van der Waals surface area contributed by atoms with Gasteiger partial charge in [0, 0.05) is 40.5 Å². The summed E-state index contributed by atoms with van der Waals surface area (Å²) in [5.74, 6) is 0.552. The van der Waals surface area contributed by atoms with E-state index >= 15 is 0 Å². The van der Waals surface area contributed by atoms with E-state index in [2.05, 4.69) is 46.1 Å². The summed E-state index contributed by atoms with van der Waals surface area (Å²) in [6.45, 7) is 8.43. The number of aromatic nitrogens is 4. The maximum Gasteiger partial charge on any atom is 0.220 e. The highest BCUT2D eigenvalue weighted by atomic mass is 35.5. The van der Waals surface area contributed by atoms with Gasteiger partial charge < -0.3 is 22.5 Å². The van der Waals surface area contributed by atoms with Crippen LogP contribution in [0.2, 0.25) is 5.02 Å². The van der Waals surface area contributed by atoms with Crippen molar-refractivity contribution in [2.24, 2.45) is 21.9 Å². The monoisotopic (exact) mass is 517 g/mol. The fraction of sp³-hybridized carbons (Fsp3) is 0.333. The molecule has 5 rings (SSSR count). The van der Waals surface area contributed by atoms with Crippen LogP contribution in [0.4, 0.5) is 17.3 Å². The Labute approximate surface area is 221 Å². The third-order valence-electron chi connectivity index (χ3n) is 7.93. The van der Waals surface area contributed by atoms with Crippen LogP contribution in [0.25, 0.3) is 16.6 Å². The molecule has 0 radical (unpaired) electrons. The van der Waals surface area contributed by atoms with Crippen LogP contribution in [0.3, 0.4) is 0 Å². The smallest absolute Gasteiger partial charge is 0.220 e. The van der Waals surface area contributed by atoms with Crippen molar-refractivity contribution in [2.45, 2.75) is 52.1 Å². The molecule has 0 unspecified atom stereocenters. The molecule has 1 fully saturated rings. The van der Waals surface area contributed by atoms with E-state index in [9.17, 15) is 0 Å². The van der Waals surface area contributed by atoms with Crippen LogP contribution in [0.15, 0.2) is 53.9 Å².